The van der Waals surface area contributed by atoms with E-state index < -0.39 is 6.10 Å². The normalized spacial score (nSPS) is 12.5. The summed E-state index contributed by atoms with van der Waals surface area (Å²) in [6.45, 7) is 6.58. The number of ether oxygens (including phenoxy) is 3. The highest BCUT2D eigenvalue weighted by molar-refractivity contribution is 5.71. The summed E-state index contributed by atoms with van der Waals surface area (Å²) in [6.07, 6.45) is 69.2. The van der Waals surface area contributed by atoms with Crippen LogP contribution in [0.3, 0.4) is 0 Å². The van der Waals surface area contributed by atoms with Gasteiger partial charge in [0.1, 0.15) is 13.2 Å². The zero-order valence-corrected chi connectivity index (χ0v) is 44.4. The van der Waals surface area contributed by atoms with Gasteiger partial charge in [0.25, 0.3) is 0 Å². The van der Waals surface area contributed by atoms with Gasteiger partial charge in [-0.3, -0.25) is 14.4 Å². The minimum atomic E-state index is -0.788. The van der Waals surface area contributed by atoms with Gasteiger partial charge in [-0.15, -0.1) is 0 Å². The molecule has 67 heavy (non-hydrogen) atoms. The molecule has 1 atom stereocenters. The van der Waals surface area contributed by atoms with Crippen LogP contribution in [0.4, 0.5) is 0 Å². The first-order valence-corrected chi connectivity index (χ1v) is 28.8. The molecule has 0 saturated heterocycles. The fourth-order valence-electron chi connectivity index (χ4n) is 8.09. The molecule has 0 aliphatic rings. The minimum Gasteiger partial charge on any atom is -0.462 e. The van der Waals surface area contributed by atoms with Crippen molar-refractivity contribution in [2.24, 2.45) is 0 Å². The Kier molecular flexibility index (Phi) is 53.3. The first-order valence-electron chi connectivity index (χ1n) is 28.8. The molecule has 388 valence electrons. The highest BCUT2D eigenvalue weighted by Gasteiger charge is 2.19. The molecule has 0 amide bonds. The van der Waals surface area contributed by atoms with E-state index in [1.54, 1.807) is 0 Å². The number of rotatable bonds is 52. The Labute approximate surface area is 415 Å². The van der Waals surface area contributed by atoms with Crippen LogP contribution >= 0.6 is 0 Å². The number of unbranched alkanes of at least 4 members (excludes halogenated alkanes) is 31. The highest BCUT2D eigenvalue weighted by Crippen LogP contribution is 2.15. The Morgan fingerprint density at radius 1 is 0.299 bits per heavy atom. The van der Waals surface area contributed by atoms with Crippen LogP contribution in [0.15, 0.2) is 60.8 Å². The van der Waals surface area contributed by atoms with E-state index in [-0.39, 0.29) is 31.1 Å². The molecule has 0 aliphatic carbocycles. The van der Waals surface area contributed by atoms with Gasteiger partial charge in [0, 0.05) is 19.3 Å². The molecule has 0 aliphatic heterocycles. The molecular weight excluding hydrogens is 829 g/mol. The first-order chi connectivity index (χ1) is 33.0. The van der Waals surface area contributed by atoms with Crippen LogP contribution in [0.2, 0.25) is 0 Å². The lowest BCUT2D eigenvalue weighted by Crippen LogP contribution is -2.30. The Bertz CT molecular complexity index is 1210. The summed E-state index contributed by atoms with van der Waals surface area (Å²) >= 11 is 0. The number of carbonyl (C=O) groups excluding carboxylic acids is 3. The topological polar surface area (TPSA) is 78.9 Å². The van der Waals surface area contributed by atoms with Gasteiger partial charge >= 0.3 is 17.9 Å². The van der Waals surface area contributed by atoms with Crippen LogP contribution in [-0.2, 0) is 28.6 Å². The molecule has 0 fully saturated rings. The third-order valence-corrected chi connectivity index (χ3v) is 12.5. The average Bonchev–Trinajstić information content (AvgIpc) is 3.33. The van der Waals surface area contributed by atoms with E-state index in [1.165, 1.54) is 148 Å². The lowest BCUT2D eigenvalue weighted by atomic mass is 10.1. The van der Waals surface area contributed by atoms with Gasteiger partial charge in [-0.05, 0) is 109 Å². The largest absolute Gasteiger partial charge is 0.462 e. The number of allylic oxidation sites excluding steroid dienone is 10. The van der Waals surface area contributed by atoms with Gasteiger partial charge in [-0.2, -0.15) is 0 Å². The SMILES string of the molecule is CCCCC/C=C/C/C=C/CCCCCCCC(=O)OC[C@H](COC(=O)CCCCCCCCCCC/C=C/CCCCCCCC)OC(=O)CCCCCCC/C=C/C/C=C/CCCCC. The standard InChI is InChI=1S/C61H108O6/c1-4-7-10-13-16-19-22-25-28-29-30-31-34-36-39-42-45-48-51-54-60(63)66-57-58(67-61(64)55-52-49-46-43-40-37-33-27-24-21-18-15-12-9-6-3)56-65-59(62)53-50-47-44-41-38-35-32-26-23-20-17-14-11-8-5-2/h17-18,20-21,25-28,32-33,58H,4-16,19,22-24,29-31,34-57H2,1-3H3/b20-17+,21-18+,28-25+,32-26+,33-27+/t58-/m1/s1. The maximum Gasteiger partial charge on any atom is 0.306 e. The summed E-state index contributed by atoms with van der Waals surface area (Å²) in [5.74, 6) is -0.905. The number of esters is 3. The van der Waals surface area contributed by atoms with E-state index in [0.717, 1.165) is 103 Å². The Morgan fingerprint density at radius 2 is 0.537 bits per heavy atom. The molecule has 0 aromatic heterocycles. The predicted molar refractivity (Wildman–Crippen MR) is 288 cm³/mol. The van der Waals surface area contributed by atoms with E-state index in [1.807, 2.05) is 0 Å². The zero-order chi connectivity index (χ0) is 48.6. The van der Waals surface area contributed by atoms with Gasteiger partial charge < -0.3 is 14.2 Å². The van der Waals surface area contributed by atoms with E-state index >= 15 is 0 Å². The second-order valence-electron chi connectivity index (χ2n) is 19.2. The predicted octanol–water partition coefficient (Wildman–Crippen LogP) is 19.2. The molecule has 0 unspecified atom stereocenters. The van der Waals surface area contributed by atoms with Crippen LogP contribution in [0.25, 0.3) is 0 Å². The van der Waals surface area contributed by atoms with Crippen LogP contribution < -0.4 is 0 Å². The van der Waals surface area contributed by atoms with Crippen molar-refractivity contribution in [2.45, 2.75) is 297 Å². The summed E-state index contributed by atoms with van der Waals surface area (Å²) in [7, 11) is 0. The lowest BCUT2D eigenvalue weighted by Gasteiger charge is -2.18. The number of hydrogen-bond acceptors (Lipinski definition) is 6. The Morgan fingerprint density at radius 3 is 0.866 bits per heavy atom. The smallest absolute Gasteiger partial charge is 0.306 e. The van der Waals surface area contributed by atoms with Crippen molar-refractivity contribution in [3.8, 4) is 0 Å². The first kappa shape index (κ1) is 64.1. The van der Waals surface area contributed by atoms with E-state index in [9.17, 15) is 14.4 Å². The Balaban J connectivity index is 4.39. The number of carbonyl (C=O) groups is 3. The van der Waals surface area contributed by atoms with Gasteiger partial charge in [0.2, 0.25) is 0 Å². The van der Waals surface area contributed by atoms with Crippen LogP contribution in [0, 0.1) is 0 Å². The van der Waals surface area contributed by atoms with Crippen molar-refractivity contribution in [3.63, 3.8) is 0 Å². The summed E-state index contributed by atoms with van der Waals surface area (Å²) in [5.41, 5.74) is 0. The molecule has 0 radical (unpaired) electrons. The van der Waals surface area contributed by atoms with Crippen LogP contribution in [-0.4, -0.2) is 37.2 Å². The van der Waals surface area contributed by atoms with Crippen molar-refractivity contribution in [2.75, 3.05) is 13.2 Å². The Hall–Kier alpha value is -2.89. The highest BCUT2D eigenvalue weighted by atomic mass is 16.6. The van der Waals surface area contributed by atoms with Gasteiger partial charge in [-0.1, -0.05) is 223 Å². The molecule has 6 heteroatoms. The number of hydrogen-bond donors (Lipinski definition) is 0. The fraction of sp³-hybridized carbons (Fsp3) is 0.787. The van der Waals surface area contributed by atoms with Crippen molar-refractivity contribution >= 4 is 17.9 Å². The minimum absolute atomic E-state index is 0.0847. The van der Waals surface area contributed by atoms with E-state index in [4.69, 9.17) is 14.2 Å². The molecule has 0 rings (SSSR count). The summed E-state index contributed by atoms with van der Waals surface area (Å²) in [5, 5.41) is 0. The van der Waals surface area contributed by atoms with Crippen LogP contribution in [0.1, 0.15) is 290 Å². The third-order valence-electron chi connectivity index (χ3n) is 12.5. The molecular formula is C61H108O6. The average molecular weight is 938 g/mol. The summed E-state index contributed by atoms with van der Waals surface area (Å²) in [4.78, 5) is 38.1. The molecule has 0 bridgehead atoms. The summed E-state index contributed by atoms with van der Waals surface area (Å²) in [6, 6.07) is 0. The van der Waals surface area contributed by atoms with Crippen molar-refractivity contribution in [3.05, 3.63) is 60.8 Å². The molecule has 0 aromatic rings. The quantitative estimate of drug-likeness (QED) is 0.0262. The molecule has 0 N–H and O–H groups in total. The van der Waals surface area contributed by atoms with Gasteiger partial charge in [0.05, 0.1) is 0 Å². The molecule has 6 nitrogen and oxygen atoms in total. The maximum absolute atomic E-state index is 12.8. The molecule has 0 saturated carbocycles. The molecule has 0 spiro atoms. The molecule has 0 aromatic carbocycles. The van der Waals surface area contributed by atoms with Gasteiger partial charge in [-0.25, -0.2) is 0 Å². The second-order valence-corrected chi connectivity index (χ2v) is 19.2. The van der Waals surface area contributed by atoms with E-state index in [0.29, 0.717) is 19.3 Å². The van der Waals surface area contributed by atoms with Crippen molar-refractivity contribution in [1.82, 2.24) is 0 Å². The zero-order valence-electron chi connectivity index (χ0n) is 44.4. The van der Waals surface area contributed by atoms with E-state index in [2.05, 4.69) is 81.5 Å². The third kappa shape index (κ3) is 53.9. The second kappa shape index (κ2) is 55.7. The molecule has 0 heterocycles. The maximum atomic E-state index is 12.8. The van der Waals surface area contributed by atoms with Crippen LogP contribution in [0.5, 0.6) is 0 Å². The lowest BCUT2D eigenvalue weighted by molar-refractivity contribution is -0.167. The van der Waals surface area contributed by atoms with Crippen molar-refractivity contribution < 1.29 is 28.6 Å². The summed E-state index contributed by atoms with van der Waals surface area (Å²) < 4.78 is 16.8. The monoisotopic (exact) mass is 937 g/mol. The van der Waals surface area contributed by atoms with Gasteiger partial charge in [0.15, 0.2) is 6.10 Å². The fourth-order valence-corrected chi connectivity index (χ4v) is 8.09. The van der Waals surface area contributed by atoms with Crippen molar-refractivity contribution in [1.29, 1.82) is 0 Å².